The molecule has 1 rings (SSSR count). The molecule has 0 aromatic rings. The SMILES string of the molecule is CCCCSC1CC(CCC)CCC1NCCC. The van der Waals surface area contributed by atoms with Crippen molar-refractivity contribution in [1.82, 2.24) is 5.32 Å². The predicted molar refractivity (Wildman–Crippen MR) is 85.5 cm³/mol. The van der Waals surface area contributed by atoms with E-state index in [1.807, 2.05) is 0 Å². The first kappa shape index (κ1) is 16.4. The van der Waals surface area contributed by atoms with Crippen LogP contribution in [0.2, 0.25) is 0 Å². The number of hydrogen-bond donors (Lipinski definition) is 1. The van der Waals surface area contributed by atoms with Crippen LogP contribution < -0.4 is 5.32 Å². The quantitative estimate of drug-likeness (QED) is 0.601. The number of unbranched alkanes of at least 4 members (excludes halogenated alkanes) is 1. The van der Waals surface area contributed by atoms with Crippen molar-refractivity contribution in [3.8, 4) is 0 Å². The molecule has 0 radical (unpaired) electrons. The Balaban J connectivity index is 2.38. The third-order valence-corrected chi connectivity index (χ3v) is 5.56. The van der Waals surface area contributed by atoms with Gasteiger partial charge in [0.1, 0.15) is 0 Å². The molecule has 1 saturated carbocycles. The lowest BCUT2D eigenvalue weighted by atomic mass is 9.83. The summed E-state index contributed by atoms with van der Waals surface area (Å²) in [7, 11) is 0. The van der Waals surface area contributed by atoms with Gasteiger partial charge in [0.25, 0.3) is 0 Å². The lowest BCUT2D eigenvalue weighted by molar-refractivity contribution is 0.287. The third-order valence-electron chi connectivity index (χ3n) is 4.08. The van der Waals surface area contributed by atoms with Crippen molar-refractivity contribution in [2.75, 3.05) is 12.3 Å². The van der Waals surface area contributed by atoms with Gasteiger partial charge in [-0.2, -0.15) is 11.8 Å². The first-order valence-corrected chi connectivity index (χ1v) is 9.21. The van der Waals surface area contributed by atoms with Gasteiger partial charge in [0.15, 0.2) is 0 Å². The van der Waals surface area contributed by atoms with Crippen molar-refractivity contribution in [3.63, 3.8) is 0 Å². The van der Waals surface area contributed by atoms with E-state index in [0.29, 0.717) is 0 Å². The minimum absolute atomic E-state index is 0.792. The van der Waals surface area contributed by atoms with E-state index in [0.717, 1.165) is 17.2 Å². The second kappa shape index (κ2) is 10.1. The summed E-state index contributed by atoms with van der Waals surface area (Å²) in [5, 5.41) is 4.67. The van der Waals surface area contributed by atoms with Gasteiger partial charge in [-0.15, -0.1) is 0 Å². The lowest BCUT2D eigenvalue weighted by Gasteiger charge is -2.36. The molecule has 0 aliphatic heterocycles. The van der Waals surface area contributed by atoms with Crippen LogP contribution >= 0.6 is 11.8 Å². The summed E-state index contributed by atoms with van der Waals surface area (Å²) in [4.78, 5) is 0. The number of thioether (sulfide) groups is 1. The Bertz CT molecular complexity index is 196. The Morgan fingerprint density at radius 2 is 1.89 bits per heavy atom. The van der Waals surface area contributed by atoms with Crippen molar-refractivity contribution in [1.29, 1.82) is 0 Å². The maximum absolute atomic E-state index is 3.79. The van der Waals surface area contributed by atoms with Crippen LogP contribution in [0.1, 0.15) is 72.1 Å². The van der Waals surface area contributed by atoms with Gasteiger partial charge in [0, 0.05) is 11.3 Å². The van der Waals surface area contributed by atoms with Crippen LogP contribution in [0.5, 0.6) is 0 Å². The smallest absolute Gasteiger partial charge is 0.0203 e. The zero-order chi connectivity index (χ0) is 13.2. The van der Waals surface area contributed by atoms with Crippen molar-refractivity contribution in [2.45, 2.75) is 83.4 Å². The van der Waals surface area contributed by atoms with Crippen molar-refractivity contribution in [2.24, 2.45) is 5.92 Å². The topological polar surface area (TPSA) is 12.0 Å². The highest BCUT2D eigenvalue weighted by Gasteiger charge is 2.29. The zero-order valence-electron chi connectivity index (χ0n) is 12.7. The standard InChI is InChI=1S/C16H33NS/c1-4-7-12-18-16-13-14(8-5-2)9-10-15(16)17-11-6-3/h14-17H,4-13H2,1-3H3. The molecular weight excluding hydrogens is 238 g/mol. The molecule has 1 aliphatic carbocycles. The summed E-state index contributed by atoms with van der Waals surface area (Å²) in [6, 6.07) is 0.792. The van der Waals surface area contributed by atoms with Crippen LogP contribution in [0.4, 0.5) is 0 Å². The molecule has 0 amide bonds. The van der Waals surface area contributed by atoms with E-state index >= 15 is 0 Å². The van der Waals surface area contributed by atoms with Crippen molar-refractivity contribution < 1.29 is 0 Å². The van der Waals surface area contributed by atoms with E-state index in [2.05, 4.69) is 37.8 Å². The highest BCUT2D eigenvalue weighted by atomic mass is 32.2. The van der Waals surface area contributed by atoms with E-state index in [-0.39, 0.29) is 0 Å². The van der Waals surface area contributed by atoms with Gasteiger partial charge < -0.3 is 5.32 Å². The molecule has 0 aromatic heterocycles. The Morgan fingerprint density at radius 1 is 1.06 bits per heavy atom. The van der Waals surface area contributed by atoms with Gasteiger partial charge in [-0.05, 0) is 50.3 Å². The van der Waals surface area contributed by atoms with E-state index in [9.17, 15) is 0 Å². The van der Waals surface area contributed by atoms with Gasteiger partial charge >= 0.3 is 0 Å². The fourth-order valence-electron chi connectivity index (χ4n) is 3.01. The van der Waals surface area contributed by atoms with E-state index in [1.165, 1.54) is 63.7 Å². The molecule has 0 heterocycles. The summed E-state index contributed by atoms with van der Waals surface area (Å²) >= 11 is 2.25. The molecule has 2 heteroatoms. The maximum Gasteiger partial charge on any atom is 0.0203 e. The molecule has 1 N–H and O–H groups in total. The highest BCUT2D eigenvalue weighted by molar-refractivity contribution is 7.99. The molecule has 0 saturated heterocycles. The Morgan fingerprint density at radius 3 is 2.56 bits per heavy atom. The van der Waals surface area contributed by atoms with Crippen LogP contribution in [0, 0.1) is 5.92 Å². The minimum Gasteiger partial charge on any atom is -0.313 e. The van der Waals surface area contributed by atoms with Crippen LogP contribution in [0.3, 0.4) is 0 Å². The van der Waals surface area contributed by atoms with E-state index in [4.69, 9.17) is 0 Å². The number of rotatable bonds is 9. The molecule has 3 unspecified atom stereocenters. The minimum atomic E-state index is 0.792. The number of nitrogens with one attached hydrogen (secondary N) is 1. The normalized spacial score (nSPS) is 28.5. The average molecular weight is 272 g/mol. The monoisotopic (exact) mass is 271 g/mol. The second-order valence-corrected chi connectivity index (χ2v) is 7.14. The van der Waals surface area contributed by atoms with Crippen LogP contribution in [-0.4, -0.2) is 23.6 Å². The average Bonchev–Trinajstić information content (AvgIpc) is 2.38. The van der Waals surface area contributed by atoms with Crippen LogP contribution in [-0.2, 0) is 0 Å². The molecule has 1 nitrogen and oxygen atoms in total. The Kier molecular flexibility index (Phi) is 9.22. The van der Waals surface area contributed by atoms with Gasteiger partial charge in [-0.25, -0.2) is 0 Å². The van der Waals surface area contributed by atoms with Crippen LogP contribution in [0.25, 0.3) is 0 Å². The first-order valence-electron chi connectivity index (χ1n) is 8.16. The summed E-state index contributed by atoms with van der Waals surface area (Å²) in [6.45, 7) is 8.11. The van der Waals surface area contributed by atoms with E-state index in [1.54, 1.807) is 0 Å². The van der Waals surface area contributed by atoms with Crippen molar-refractivity contribution >= 4 is 11.8 Å². The highest BCUT2D eigenvalue weighted by Crippen LogP contribution is 2.35. The fraction of sp³-hybridized carbons (Fsp3) is 1.00. The molecule has 0 spiro atoms. The van der Waals surface area contributed by atoms with E-state index < -0.39 is 0 Å². The Hall–Kier alpha value is 0.310. The molecule has 1 aliphatic rings. The molecule has 0 bridgehead atoms. The number of hydrogen-bond acceptors (Lipinski definition) is 2. The molecule has 18 heavy (non-hydrogen) atoms. The predicted octanol–water partition coefficient (Wildman–Crippen LogP) is 4.86. The summed E-state index contributed by atoms with van der Waals surface area (Å²) < 4.78 is 0. The second-order valence-electron chi connectivity index (χ2n) is 5.79. The maximum atomic E-state index is 3.79. The third kappa shape index (κ3) is 5.97. The summed E-state index contributed by atoms with van der Waals surface area (Å²) in [5.41, 5.74) is 0. The lowest BCUT2D eigenvalue weighted by Crippen LogP contribution is -2.43. The Labute approximate surface area is 119 Å². The van der Waals surface area contributed by atoms with Gasteiger partial charge in [0.2, 0.25) is 0 Å². The molecule has 0 aromatic carbocycles. The molecule has 1 fully saturated rings. The summed E-state index contributed by atoms with van der Waals surface area (Å²) in [6.07, 6.45) is 11.1. The van der Waals surface area contributed by atoms with Gasteiger partial charge in [-0.3, -0.25) is 0 Å². The zero-order valence-corrected chi connectivity index (χ0v) is 13.5. The van der Waals surface area contributed by atoms with Gasteiger partial charge in [-0.1, -0.05) is 40.0 Å². The summed E-state index contributed by atoms with van der Waals surface area (Å²) in [5.74, 6) is 2.37. The first-order chi connectivity index (χ1) is 8.81. The molecular formula is C16H33NS. The molecule has 108 valence electrons. The van der Waals surface area contributed by atoms with Gasteiger partial charge in [0.05, 0.1) is 0 Å². The van der Waals surface area contributed by atoms with Crippen LogP contribution in [0.15, 0.2) is 0 Å². The largest absolute Gasteiger partial charge is 0.313 e. The molecule has 3 atom stereocenters. The fourth-order valence-corrected chi connectivity index (χ4v) is 4.64. The van der Waals surface area contributed by atoms with Crippen molar-refractivity contribution in [3.05, 3.63) is 0 Å².